The molecule has 0 unspecified atom stereocenters. The average molecular weight is 257 g/mol. The third-order valence-electron chi connectivity index (χ3n) is 4.62. The summed E-state index contributed by atoms with van der Waals surface area (Å²) in [5, 5.41) is 3.39. The number of carbonyl (C=O) groups excluding carboxylic acids is 1. The molecule has 0 radical (unpaired) electrons. The molecule has 1 fully saturated rings. The van der Waals surface area contributed by atoms with E-state index in [0.717, 1.165) is 19.0 Å². The van der Waals surface area contributed by atoms with E-state index in [1.54, 1.807) is 6.92 Å². The number of esters is 1. The molecule has 0 saturated heterocycles. The third-order valence-corrected chi connectivity index (χ3v) is 4.62. The summed E-state index contributed by atoms with van der Waals surface area (Å²) in [6.45, 7) is 13.9. The molecule has 1 rings (SSSR count). The molecule has 18 heavy (non-hydrogen) atoms. The van der Waals surface area contributed by atoms with Crippen molar-refractivity contribution in [2.75, 3.05) is 32.9 Å². The summed E-state index contributed by atoms with van der Waals surface area (Å²) in [6, 6.07) is 0. The van der Waals surface area contributed by atoms with E-state index in [4.69, 9.17) is 9.47 Å². The molecule has 4 nitrogen and oxygen atoms in total. The molecule has 1 aliphatic carbocycles. The van der Waals surface area contributed by atoms with Crippen LogP contribution in [0.1, 0.15) is 34.6 Å². The Balaban J connectivity index is 1.99. The highest BCUT2D eigenvalue weighted by Crippen LogP contribution is 2.67. The molecule has 0 bridgehead atoms. The number of carbonyl (C=O) groups is 1. The zero-order valence-corrected chi connectivity index (χ0v) is 12.3. The maximum absolute atomic E-state index is 11.0. The van der Waals surface area contributed by atoms with E-state index in [1.807, 2.05) is 0 Å². The van der Waals surface area contributed by atoms with Crippen molar-refractivity contribution in [3.05, 3.63) is 0 Å². The average Bonchev–Trinajstić information content (AvgIpc) is 2.65. The smallest absolute Gasteiger partial charge is 0.332 e. The van der Waals surface area contributed by atoms with Gasteiger partial charge in [-0.15, -0.1) is 0 Å². The van der Waals surface area contributed by atoms with Crippen molar-refractivity contribution in [3.63, 3.8) is 0 Å². The number of nitrogens with one attached hydrogen (secondary N) is 1. The Morgan fingerprint density at radius 3 is 2.33 bits per heavy atom. The van der Waals surface area contributed by atoms with Crippen molar-refractivity contribution in [2.45, 2.75) is 34.6 Å². The van der Waals surface area contributed by atoms with E-state index in [-0.39, 0.29) is 12.6 Å². The first-order chi connectivity index (χ1) is 8.34. The number of hydrogen-bond acceptors (Lipinski definition) is 4. The minimum absolute atomic E-state index is 0.0515. The predicted octanol–water partition coefficient (Wildman–Crippen LogP) is 1.84. The van der Waals surface area contributed by atoms with Gasteiger partial charge < -0.3 is 14.8 Å². The Bertz CT molecular complexity index is 273. The van der Waals surface area contributed by atoms with E-state index in [1.165, 1.54) is 0 Å². The van der Waals surface area contributed by atoms with Gasteiger partial charge in [-0.05, 0) is 30.2 Å². The largest absolute Gasteiger partial charge is 0.464 e. The zero-order valence-electron chi connectivity index (χ0n) is 12.3. The monoisotopic (exact) mass is 257 g/mol. The molecule has 1 aliphatic rings. The van der Waals surface area contributed by atoms with Gasteiger partial charge in [-0.1, -0.05) is 27.7 Å². The lowest BCUT2D eigenvalue weighted by molar-refractivity contribution is -0.148. The van der Waals surface area contributed by atoms with Gasteiger partial charge >= 0.3 is 5.97 Å². The molecule has 1 saturated carbocycles. The Labute approximate surface area is 110 Å². The Hall–Kier alpha value is -0.610. The van der Waals surface area contributed by atoms with Gasteiger partial charge in [-0.2, -0.15) is 0 Å². The number of hydrogen-bond donors (Lipinski definition) is 1. The maximum Gasteiger partial charge on any atom is 0.332 e. The molecule has 0 atom stereocenters. The molecular formula is C14H27NO3. The fourth-order valence-corrected chi connectivity index (χ4v) is 2.59. The van der Waals surface area contributed by atoms with Gasteiger partial charge in [0.1, 0.15) is 6.61 Å². The van der Waals surface area contributed by atoms with Gasteiger partial charge in [-0.25, -0.2) is 4.79 Å². The van der Waals surface area contributed by atoms with E-state index < -0.39 is 0 Å². The standard InChI is InChI=1S/C14H27NO3/c1-6-18-12(16)10-17-8-7-15-9-11-13(2,3)14(11,4)5/h11,15H,6-10H2,1-5H3. The number of ether oxygens (including phenoxy) is 2. The first-order valence-corrected chi connectivity index (χ1v) is 6.78. The van der Waals surface area contributed by atoms with Crippen LogP contribution >= 0.6 is 0 Å². The minimum atomic E-state index is -0.290. The van der Waals surface area contributed by atoms with Crippen LogP contribution in [0.25, 0.3) is 0 Å². The van der Waals surface area contributed by atoms with Crippen LogP contribution in [-0.4, -0.2) is 38.9 Å². The van der Waals surface area contributed by atoms with Crippen molar-refractivity contribution in [1.29, 1.82) is 0 Å². The van der Waals surface area contributed by atoms with Crippen molar-refractivity contribution in [3.8, 4) is 0 Å². The van der Waals surface area contributed by atoms with Crippen molar-refractivity contribution < 1.29 is 14.3 Å². The SMILES string of the molecule is CCOC(=O)COCCNCC1C(C)(C)C1(C)C. The minimum Gasteiger partial charge on any atom is -0.464 e. The maximum atomic E-state index is 11.0. The Morgan fingerprint density at radius 2 is 1.83 bits per heavy atom. The van der Waals surface area contributed by atoms with Crippen LogP contribution in [0.5, 0.6) is 0 Å². The van der Waals surface area contributed by atoms with E-state index in [0.29, 0.717) is 24.0 Å². The van der Waals surface area contributed by atoms with Crippen LogP contribution in [0.2, 0.25) is 0 Å². The topological polar surface area (TPSA) is 47.6 Å². The van der Waals surface area contributed by atoms with E-state index >= 15 is 0 Å². The fourth-order valence-electron chi connectivity index (χ4n) is 2.59. The molecule has 0 spiro atoms. The van der Waals surface area contributed by atoms with Crippen LogP contribution in [-0.2, 0) is 14.3 Å². The van der Waals surface area contributed by atoms with Crippen molar-refractivity contribution in [2.24, 2.45) is 16.7 Å². The number of rotatable bonds is 8. The summed E-state index contributed by atoms with van der Waals surface area (Å²) in [4.78, 5) is 11.0. The second kappa shape index (κ2) is 6.02. The van der Waals surface area contributed by atoms with Crippen LogP contribution in [0.15, 0.2) is 0 Å². The molecule has 4 heteroatoms. The fraction of sp³-hybridized carbons (Fsp3) is 0.929. The van der Waals surface area contributed by atoms with Gasteiger partial charge in [-0.3, -0.25) is 0 Å². The summed E-state index contributed by atoms with van der Waals surface area (Å²) in [7, 11) is 0. The predicted molar refractivity (Wildman–Crippen MR) is 71.4 cm³/mol. The van der Waals surface area contributed by atoms with E-state index in [2.05, 4.69) is 33.0 Å². The Kier molecular flexibility index (Phi) is 5.17. The first-order valence-electron chi connectivity index (χ1n) is 6.78. The van der Waals surface area contributed by atoms with Gasteiger partial charge in [0.25, 0.3) is 0 Å². The molecule has 106 valence electrons. The highest BCUT2D eigenvalue weighted by molar-refractivity contribution is 5.70. The lowest BCUT2D eigenvalue weighted by Crippen LogP contribution is -2.25. The summed E-state index contributed by atoms with van der Waals surface area (Å²) in [5.74, 6) is 0.428. The molecular weight excluding hydrogens is 230 g/mol. The van der Waals surface area contributed by atoms with Crippen LogP contribution in [0.3, 0.4) is 0 Å². The summed E-state index contributed by atoms with van der Waals surface area (Å²) in [6.07, 6.45) is 0. The second-order valence-corrected chi connectivity index (χ2v) is 6.06. The van der Waals surface area contributed by atoms with Crippen molar-refractivity contribution in [1.82, 2.24) is 5.32 Å². The summed E-state index contributed by atoms with van der Waals surface area (Å²) in [5.41, 5.74) is 0.845. The van der Waals surface area contributed by atoms with Gasteiger partial charge in [0, 0.05) is 6.54 Å². The lowest BCUT2D eigenvalue weighted by Gasteiger charge is -2.07. The van der Waals surface area contributed by atoms with E-state index in [9.17, 15) is 4.79 Å². The normalized spacial score (nSPS) is 20.7. The quantitative estimate of drug-likeness (QED) is 0.532. The molecule has 1 N–H and O–H groups in total. The zero-order chi connectivity index (χ0) is 13.8. The molecule has 0 aliphatic heterocycles. The van der Waals surface area contributed by atoms with Gasteiger partial charge in [0.05, 0.1) is 13.2 Å². The third kappa shape index (κ3) is 3.45. The highest BCUT2D eigenvalue weighted by Gasteiger charge is 2.63. The summed E-state index contributed by atoms with van der Waals surface area (Å²) < 4.78 is 9.98. The summed E-state index contributed by atoms with van der Waals surface area (Å²) >= 11 is 0. The Morgan fingerprint density at radius 1 is 1.22 bits per heavy atom. The van der Waals surface area contributed by atoms with Gasteiger partial charge in [0.15, 0.2) is 0 Å². The van der Waals surface area contributed by atoms with Crippen LogP contribution in [0, 0.1) is 16.7 Å². The molecule has 0 aromatic carbocycles. The molecule has 0 aromatic rings. The molecule has 0 heterocycles. The lowest BCUT2D eigenvalue weighted by atomic mass is 10.0. The second-order valence-electron chi connectivity index (χ2n) is 6.06. The van der Waals surface area contributed by atoms with Crippen molar-refractivity contribution >= 4 is 5.97 Å². The molecule has 0 aromatic heterocycles. The van der Waals surface area contributed by atoms with Gasteiger partial charge in [0.2, 0.25) is 0 Å². The van der Waals surface area contributed by atoms with Crippen LogP contribution < -0.4 is 5.32 Å². The van der Waals surface area contributed by atoms with Crippen LogP contribution in [0.4, 0.5) is 0 Å². The first kappa shape index (κ1) is 15.4. The molecule has 0 amide bonds. The highest BCUT2D eigenvalue weighted by atomic mass is 16.6.